The van der Waals surface area contributed by atoms with Crippen molar-refractivity contribution in [1.82, 2.24) is 25.5 Å². The predicted octanol–water partition coefficient (Wildman–Crippen LogP) is 2.13. The van der Waals surface area contributed by atoms with E-state index in [1.54, 1.807) is 12.4 Å². The number of nitrogens with one attached hydrogen (secondary N) is 3. The van der Waals surface area contributed by atoms with Crippen LogP contribution in [-0.4, -0.2) is 58.9 Å². The second kappa shape index (κ2) is 10.1. The molecule has 7 nitrogen and oxygen atoms in total. The first-order chi connectivity index (χ1) is 12.7. The van der Waals surface area contributed by atoms with Crippen molar-refractivity contribution >= 4 is 47.7 Å². The molecule has 4 rings (SSSR count). The van der Waals surface area contributed by atoms with E-state index in [1.807, 2.05) is 17.0 Å². The lowest BCUT2D eigenvalue weighted by Gasteiger charge is -2.33. The van der Waals surface area contributed by atoms with Gasteiger partial charge in [-0.25, -0.2) is 4.98 Å². The van der Waals surface area contributed by atoms with Crippen LogP contribution < -0.4 is 10.6 Å². The third kappa shape index (κ3) is 4.77. The number of nitrogens with zero attached hydrogens (tertiary/aromatic N) is 2. The number of likely N-dealkylation sites (tertiary alicyclic amines) is 1. The molecule has 0 aromatic carbocycles. The number of carbonyl (C=O) groups is 2. The molecule has 0 spiro atoms. The minimum atomic E-state index is -0.0463. The normalized spacial score (nSPS) is 21.6. The Balaban J connectivity index is 0.00000140. The van der Waals surface area contributed by atoms with Crippen molar-refractivity contribution in [3.63, 3.8) is 0 Å². The lowest BCUT2D eigenvalue weighted by atomic mass is 9.97. The zero-order valence-electron chi connectivity index (χ0n) is 15.6. The molecule has 2 aromatic rings. The van der Waals surface area contributed by atoms with Crippen molar-refractivity contribution in [3.8, 4) is 0 Å². The van der Waals surface area contributed by atoms with Gasteiger partial charge in [-0.3, -0.25) is 9.59 Å². The summed E-state index contributed by atoms with van der Waals surface area (Å²) in [5.74, 6) is 0.438. The Morgan fingerprint density at radius 3 is 2.89 bits per heavy atom. The SMILES string of the molecule is Cl.Cl.O=C(NCC1CCCN(C(=O)c2c[nH]c3ncccc23)C1)C1CCCN1. The predicted molar refractivity (Wildman–Crippen MR) is 113 cm³/mol. The molecule has 2 saturated heterocycles. The lowest BCUT2D eigenvalue weighted by molar-refractivity contribution is -0.123. The summed E-state index contributed by atoms with van der Waals surface area (Å²) in [4.78, 5) is 34.3. The largest absolute Gasteiger partial charge is 0.354 e. The molecule has 0 aliphatic carbocycles. The number of halogens is 2. The minimum Gasteiger partial charge on any atom is -0.354 e. The highest BCUT2D eigenvalue weighted by molar-refractivity contribution is 6.05. The van der Waals surface area contributed by atoms with Gasteiger partial charge in [0.2, 0.25) is 5.91 Å². The summed E-state index contributed by atoms with van der Waals surface area (Å²) >= 11 is 0. The Hall–Kier alpha value is -1.83. The van der Waals surface area contributed by atoms with Crippen LogP contribution in [0, 0.1) is 5.92 Å². The second-order valence-electron chi connectivity index (χ2n) is 7.26. The number of H-pyrrole nitrogens is 1. The molecular formula is C19H27Cl2N5O2. The maximum Gasteiger partial charge on any atom is 0.256 e. The minimum absolute atomic E-state index is 0. The molecule has 28 heavy (non-hydrogen) atoms. The van der Waals surface area contributed by atoms with Gasteiger partial charge in [0.15, 0.2) is 0 Å². The van der Waals surface area contributed by atoms with Gasteiger partial charge >= 0.3 is 0 Å². The van der Waals surface area contributed by atoms with Crippen molar-refractivity contribution in [2.75, 3.05) is 26.2 Å². The first-order valence-corrected chi connectivity index (χ1v) is 9.45. The molecule has 2 aromatic heterocycles. The van der Waals surface area contributed by atoms with Crippen LogP contribution in [-0.2, 0) is 4.79 Å². The summed E-state index contributed by atoms with van der Waals surface area (Å²) in [6.45, 7) is 3.00. The number of aromatic nitrogens is 2. The molecule has 2 aliphatic rings. The van der Waals surface area contributed by atoms with E-state index >= 15 is 0 Å². The third-order valence-electron chi connectivity index (χ3n) is 5.43. The van der Waals surface area contributed by atoms with E-state index in [4.69, 9.17) is 0 Å². The van der Waals surface area contributed by atoms with Gasteiger partial charge in [-0.05, 0) is 50.3 Å². The molecule has 0 saturated carbocycles. The van der Waals surface area contributed by atoms with Crippen LogP contribution in [0.4, 0.5) is 0 Å². The van der Waals surface area contributed by atoms with Crippen LogP contribution in [0.25, 0.3) is 11.0 Å². The number of hydrogen-bond donors (Lipinski definition) is 3. The summed E-state index contributed by atoms with van der Waals surface area (Å²) in [5.41, 5.74) is 1.41. The number of aromatic amines is 1. The Morgan fingerprint density at radius 1 is 1.25 bits per heavy atom. The van der Waals surface area contributed by atoms with Crippen molar-refractivity contribution in [3.05, 3.63) is 30.1 Å². The van der Waals surface area contributed by atoms with E-state index in [9.17, 15) is 9.59 Å². The standard InChI is InChI=1S/C19H25N5O2.2ClH/c25-18(16-6-2-7-20-16)23-10-13-4-3-9-24(12-13)19(26)15-11-22-17-14(15)5-1-8-21-17;;/h1,5,8,11,13,16,20H,2-4,6-7,9-10,12H2,(H,21,22)(H,23,25);2*1H. The maximum absolute atomic E-state index is 12.9. The average molecular weight is 428 g/mol. The topological polar surface area (TPSA) is 90.1 Å². The van der Waals surface area contributed by atoms with Gasteiger partial charge in [0.1, 0.15) is 5.65 Å². The monoisotopic (exact) mass is 427 g/mol. The van der Waals surface area contributed by atoms with Gasteiger partial charge in [-0.15, -0.1) is 24.8 Å². The number of carbonyl (C=O) groups excluding carboxylic acids is 2. The van der Waals surface area contributed by atoms with E-state index < -0.39 is 0 Å². The van der Waals surface area contributed by atoms with E-state index in [2.05, 4.69) is 20.6 Å². The number of piperidine rings is 1. The van der Waals surface area contributed by atoms with Gasteiger partial charge in [0.05, 0.1) is 11.6 Å². The summed E-state index contributed by atoms with van der Waals surface area (Å²) in [6.07, 6.45) is 7.44. The van der Waals surface area contributed by atoms with Crippen LogP contribution in [0.5, 0.6) is 0 Å². The number of fused-ring (bicyclic) bond motifs is 1. The van der Waals surface area contributed by atoms with Crippen LogP contribution >= 0.6 is 24.8 Å². The molecule has 2 unspecified atom stereocenters. The Morgan fingerprint density at radius 2 is 2.11 bits per heavy atom. The summed E-state index contributed by atoms with van der Waals surface area (Å²) < 4.78 is 0. The van der Waals surface area contributed by atoms with Crippen molar-refractivity contribution in [2.24, 2.45) is 5.92 Å². The highest BCUT2D eigenvalue weighted by Crippen LogP contribution is 2.22. The van der Waals surface area contributed by atoms with E-state index in [0.717, 1.165) is 49.8 Å². The summed E-state index contributed by atoms with van der Waals surface area (Å²) in [6, 6.07) is 3.72. The fourth-order valence-corrected chi connectivity index (χ4v) is 4.00. The maximum atomic E-state index is 12.9. The van der Waals surface area contributed by atoms with Crippen LogP contribution in [0.3, 0.4) is 0 Å². The molecule has 9 heteroatoms. The number of hydrogen-bond acceptors (Lipinski definition) is 4. The second-order valence-corrected chi connectivity index (χ2v) is 7.26. The molecule has 2 atom stereocenters. The van der Waals surface area contributed by atoms with E-state index in [0.29, 0.717) is 24.6 Å². The Bertz CT molecular complexity index is 806. The molecular weight excluding hydrogens is 401 g/mol. The van der Waals surface area contributed by atoms with Crippen molar-refractivity contribution < 1.29 is 9.59 Å². The molecule has 2 fully saturated rings. The molecule has 0 radical (unpaired) electrons. The zero-order valence-corrected chi connectivity index (χ0v) is 17.3. The highest BCUT2D eigenvalue weighted by Gasteiger charge is 2.27. The summed E-state index contributed by atoms with van der Waals surface area (Å²) in [7, 11) is 0. The molecule has 4 heterocycles. The quantitative estimate of drug-likeness (QED) is 0.696. The smallest absolute Gasteiger partial charge is 0.256 e. The van der Waals surface area contributed by atoms with E-state index in [1.165, 1.54) is 0 Å². The number of pyridine rings is 1. The molecule has 2 aliphatic heterocycles. The van der Waals surface area contributed by atoms with E-state index in [-0.39, 0.29) is 42.7 Å². The molecule has 2 amide bonds. The number of amides is 2. The van der Waals surface area contributed by atoms with Gasteiger partial charge in [-0.2, -0.15) is 0 Å². The van der Waals surface area contributed by atoms with Gasteiger partial charge in [-0.1, -0.05) is 0 Å². The van der Waals surface area contributed by atoms with Gasteiger partial charge in [0.25, 0.3) is 5.91 Å². The molecule has 3 N–H and O–H groups in total. The number of rotatable bonds is 4. The van der Waals surface area contributed by atoms with Crippen molar-refractivity contribution in [2.45, 2.75) is 31.7 Å². The fourth-order valence-electron chi connectivity index (χ4n) is 4.00. The van der Waals surface area contributed by atoms with Gasteiger partial charge in [0, 0.05) is 37.4 Å². The summed E-state index contributed by atoms with van der Waals surface area (Å²) in [5, 5.41) is 7.14. The average Bonchev–Trinajstić information content (AvgIpc) is 3.35. The Labute approximate surface area is 176 Å². The zero-order chi connectivity index (χ0) is 17.9. The van der Waals surface area contributed by atoms with Crippen LogP contribution in [0.1, 0.15) is 36.0 Å². The molecule has 154 valence electrons. The first-order valence-electron chi connectivity index (χ1n) is 9.45. The first kappa shape index (κ1) is 22.5. The third-order valence-corrected chi connectivity index (χ3v) is 5.43. The molecule has 0 bridgehead atoms. The van der Waals surface area contributed by atoms with Gasteiger partial charge < -0.3 is 20.5 Å². The highest BCUT2D eigenvalue weighted by atomic mass is 35.5. The Kier molecular flexibility index (Phi) is 8.10. The lowest BCUT2D eigenvalue weighted by Crippen LogP contribution is -2.46. The van der Waals surface area contributed by atoms with Crippen LogP contribution in [0.2, 0.25) is 0 Å². The van der Waals surface area contributed by atoms with Crippen LogP contribution in [0.15, 0.2) is 24.5 Å². The van der Waals surface area contributed by atoms with Crippen molar-refractivity contribution in [1.29, 1.82) is 0 Å². The fraction of sp³-hybridized carbons (Fsp3) is 0.526.